The Hall–Kier alpha value is -2.89. The fraction of sp³-hybridized carbons (Fsp3) is 0.304. The van der Waals surface area contributed by atoms with E-state index < -0.39 is 17.7 Å². The summed E-state index contributed by atoms with van der Waals surface area (Å²) >= 11 is 2.62. The molecule has 0 saturated carbocycles. The highest BCUT2D eigenvalue weighted by atomic mass is 32.2. The molecule has 0 unspecified atom stereocenters. The van der Waals surface area contributed by atoms with E-state index in [0.717, 1.165) is 21.8 Å². The summed E-state index contributed by atoms with van der Waals surface area (Å²) < 4.78 is 10.2. The molecule has 0 spiro atoms. The van der Waals surface area contributed by atoms with Gasteiger partial charge in [0.25, 0.3) is 0 Å². The lowest BCUT2D eigenvalue weighted by atomic mass is 10.0. The van der Waals surface area contributed by atoms with Gasteiger partial charge in [-0.1, -0.05) is 12.1 Å². The van der Waals surface area contributed by atoms with E-state index in [-0.39, 0.29) is 35.6 Å². The van der Waals surface area contributed by atoms with Crippen LogP contribution in [0.25, 0.3) is 6.08 Å². The van der Waals surface area contributed by atoms with Gasteiger partial charge in [-0.3, -0.25) is 4.79 Å². The number of carbonyl (C=O) groups excluding carboxylic acids is 3. The summed E-state index contributed by atoms with van der Waals surface area (Å²) in [5, 5.41) is 9.51. The molecule has 0 amide bonds. The van der Waals surface area contributed by atoms with Gasteiger partial charge >= 0.3 is 11.9 Å². The first kappa shape index (κ1) is 24.4. The smallest absolute Gasteiger partial charge is 0.348 e. The van der Waals surface area contributed by atoms with Gasteiger partial charge in [0.05, 0.1) is 24.4 Å². The Kier molecular flexibility index (Phi) is 9.03. The Labute approximate surface area is 189 Å². The summed E-state index contributed by atoms with van der Waals surface area (Å²) in [4.78, 5) is 39.3. The van der Waals surface area contributed by atoms with Crippen LogP contribution in [-0.2, 0) is 20.7 Å². The van der Waals surface area contributed by atoms with Crippen molar-refractivity contribution in [3.63, 3.8) is 0 Å². The number of nitriles is 1. The number of Topliss-reactive ketones (excluding diaryl/α,β-unsaturated/α-hetero) is 1. The number of nitrogens with zero attached hydrogens (tertiary/aromatic N) is 1. The highest BCUT2D eigenvalue weighted by Crippen LogP contribution is 2.31. The van der Waals surface area contributed by atoms with Crippen LogP contribution < -0.4 is 0 Å². The van der Waals surface area contributed by atoms with Crippen LogP contribution in [0.5, 0.6) is 0 Å². The molecule has 0 N–H and O–H groups in total. The van der Waals surface area contributed by atoms with E-state index in [1.165, 1.54) is 6.08 Å². The van der Waals surface area contributed by atoms with E-state index >= 15 is 0 Å². The standard InChI is InChI=1S/C23H23NO5S2/c1-5-28-22(26)20-14(3)21(23(27)29-6-2)31-19(20)12-18(25)16(13-24)11-15-7-9-17(30-4)10-8-15/h7-11H,5-6,12H2,1-4H3/b16-11+. The maximum Gasteiger partial charge on any atom is 0.348 e. The molecule has 0 atom stereocenters. The molecule has 31 heavy (non-hydrogen) atoms. The Morgan fingerprint density at radius 1 is 1.10 bits per heavy atom. The van der Waals surface area contributed by atoms with Crippen molar-refractivity contribution >= 4 is 46.9 Å². The third kappa shape index (κ3) is 6.06. The third-order valence-electron chi connectivity index (χ3n) is 4.33. The average Bonchev–Trinajstić information content (AvgIpc) is 3.08. The van der Waals surface area contributed by atoms with Gasteiger partial charge in [-0.15, -0.1) is 23.1 Å². The van der Waals surface area contributed by atoms with Crippen molar-refractivity contribution in [1.82, 2.24) is 0 Å². The topological polar surface area (TPSA) is 93.5 Å². The predicted molar refractivity (Wildman–Crippen MR) is 121 cm³/mol. The van der Waals surface area contributed by atoms with Crippen molar-refractivity contribution in [3.8, 4) is 6.07 Å². The molecule has 0 saturated heterocycles. The van der Waals surface area contributed by atoms with Gasteiger partial charge in [-0.2, -0.15) is 5.26 Å². The highest BCUT2D eigenvalue weighted by Gasteiger charge is 2.27. The van der Waals surface area contributed by atoms with Gasteiger partial charge < -0.3 is 9.47 Å². The second-order valence-electron chi connectivity index (χ2n) is 6.34. The molecule has 0 aliphatic heterocycles. The molecular weight excluding hydrogens is 434 g/mol. The summed E-state index contributed by atoms with van der Waals surface area (Å²) in [5.74, 6) is -1.61. The molecule has 162 valence electrons. The molecule has 0 aliphatic carbocycles. The van der Waals surface area contributed by atoms with Crippen molar-refractivity contribution in [2.45, 2.75) is 32.1 Å². The lowest BCUT2D eigenvalue weighted by molar-refractivity contribution is -0.114. The molecule has 1 aromatic carbocycles. The number of allylic oxidation sites excluding steroid dienone is 1. The Bertz CT molecular complexity index is 1050. The summed E-state index contributed by atoms with van der Waals surface area (Å²) in [6.07, 6.45) is 3.29. The number of rotatable bonds is 9. The number of ketones is 1. The minimum atomic E-state index is -0.607. The van der Waals surface area contributed by atoms with Crippen molar-refractivity contribution in [2.75, 3.05) is 19.5 Å². The SMILES string of the molecule is CCOC(=O)c1sc(CC(=O)/C(C#N)=C/c2ccc(SC)cc2)c(C(=O)OCC)c1C. The molecule has 2 aromatic rings. The van der Waals surface area contributed by atoms with E-state index in [2.05, 4.69) is 0 Å². The first-order valence-electron chi connectivity index (χ1n) is 9.61. The molecule has 6 nitrogen and oxygen atoms in total. The number of thioether (sulfide) groups is 1. The number of thiophene rings is 1. The highest BCUT2D eigenvalue weighted by molar-refractivity contribution is 7.98. The molecular formula is C23H23NO5S2. The van der Waals surface area contributed by atoms with E-state index in [4.69, 9.17) is 9.47 Å². The number of hydrogen-bond acceptors (Lipinski definition) is 8. The third-order valence-corrected chi connectivity index (χ3v) is 6.34. The quantitative estimate of drug-likeness (QED) is 0.230. The van der Waals surface area contributed by atoms with Crippen LogP contribution in [0.2, 0.25) is 0 Å². The largest absolute Gasteiger partial charge is 0.462 e. The summed E-state index contributed by atoms with van der Waals surface area (Å²) in [6.45, 7) is 5.33. The Morgan fingerprint density at radius 2 is 1.71 bits per heavy atom. The van der Waals surface area contributed by atoms with Crippen LogP contribution in [0.1, 0.15) is 49.9 Å². The van der Waals surface area contributed by atoms with Gasteiger partial charge in [-0.05, 0) is 56.4 Å². The maximum atomic E-state index is 12.9. The Morgan fingerprint density at radius 3 is 2.26 bits per heavy atom. The molecule has 8 heteroatoms. The number of carbonyl (C=O) groups is 3. The van der Waals surface area contributed by atoms with E-state index in [1.807, 2.05) is 36.6 Å². The minimum Gasteiger partial charge on any atom is -0.462 e. The first-order chi connectivity index (χ1) is 14.9. The van der Waals surface area contributed by atoms with E-state index in [1.54, 1.807) is 32.5 Å². The second-order valence-corrected chi connectivity index (χ2v) is 8.32. The van der Waals surface area contributed by atoms with Gasteiger partial charge in [0, 0.05) is 16.2 Å². The fourth-order valence-electron chi connectivity index (χ4n) is 2.84. The zero-order valence-electron chi connectivity index (χ0n) is 17.8. The van der Waals surface area contributed by atoms with Crippen molar-refractivity contribution < 1.29 is 23.9 Å². The predicted octanol–water partition coefficient (Wildman–Crippen LogP) is 4.85. The minimum absolute atomic E-state index is 0.0320. The van der Waals surface area contributed by atoms with Gasteiger partial charge in [0.1, 0.15) is 10.9 Å². The van der Waals surface area contributed by atoms with Crippen molar-refractivity contribution in [2.24, 2.45) is 0 Å². The zero-order chi connectivity index (χ0) is 23.0. The van der Waals surface area contributed by atoms with E-state index in [0.29, 0.717) is 10.4 Å². The van der Waals surface area contributed by atoms with Gasteiger partial charge in [0.15, 0.2) is 5.78 Å². The molecule has 2 rings (SSSR count). The van der Waals surface area contributed by atoms with E-state index in [9.17, 15) is 19.6 Å². The lowest BCUT2D eigenvalue weighted by Gasteiger charge is -2.05. The van der Waals surface area contributed by atoms with Gasteiger partial charge in [0.2, 0.25) is 0 Å². The molecule has 0 radical (unpaired) electrons. The second kappa shape index (κ2) is 11.5. The number of benzene rings is 1. The monoisotopic (exact) mass is 457 g/mol. The molecule has 0 aliphatic rings. The molecule has 1 heterocycles. The van der Waals surface area contributed by atoms with Gasteiger partial charge in [-0.25, -0.2) is 9.59 Å². The molecule has 0 bridgehead atoms. The summed E-state index contributed by atoms with van der Waals surface area (Å²) in [5.41, 5.74) is 1.29. The summed E-state index contributed by atoms with van der Waals surface area (Å²) in [6, 6.07) is 9.41. The van der Waals surface area contributed by atoms with Crippen LogP contribution in [0.4, 0.5) is 0 Å². The normalized spacial score (nSPS) is 11.0. The first-order valence-corrected chi connectivity index (χ1v) is 11.7. The van der Waals surface area contributed by atoms with Crippen LogP contribution in [0, 0.1) is 18.3 Å². The average molecular weight is 458 g/mol. The number of esters is 2. The maximum absolute atomic E-state index is 12.9. The van der Waals surface area contributed by atoms with Crippen molar-refractivity contribution in [1.29, 1.82) is 5.26 Å². The van der Waals surface area contributed by atoms with Crippen molar-refractivity contribution in [3.05, 3.63) is 56.3 Å². The number of hydrogen-bond donors (Lipinski definition) is 0. The number of ether oxygens (including phenoxy) is 2. The van der Waals surface area contributed by atoms with Crippen LogP contribution in [0.15, 0.2) is 34.7 Å². The zero-order valence-corrected chi connectivity index (χ0v) is 19.4. The van der Waals surface area contributed by atoms with Crippen LogP contribution >= 0.6 is 23.1 Å². The Balaban J connectivity index is 2.39. The molecule has 0 fully saturated rings. The van der Waals surface area contributed by atoms with Crippen LogP contribution in [0.3, 0.4) is 0 Å². The fourth-order valence-corrected chi connectivity index (χ4v) is 4.44. The molecule has 1 aromatic heterocycles. The van der Waals surface area contributed by atoms with Crippen LogP contribution in [-0.4, -0.2) is 37.2 Å². The lowest BCUT2D eigenvalue weighted by Crippen LogP contribution is -2.12. The summed E-state index contributed by atoms with van der Waals surface area (Å²) in [7, 11) is 0.